The molecule has 2 aliphatic heterocycles. The first-order valence-corrected chi connectivity index (χ1v) is 7.54. The van der Waals surface area contributed by atoms with E-state index in [4.69, 9.17) is 14.2 Å². The number of rotatable bonds is 3. The molecule has 1 fully saturated rings. The van der Waals surface area contributed by atoms with Gasteiger partial charge < -0.3 is 19.1 Å². The molecule has 1 saturated heterocycles. The van der Waals surface area contributed by atoms with E-state index >= 15 is 0 Å². The van der Waals surface area contributed by atoms with Crippen LogP contribution in [0.15, 0.2) is 48.7 Å². The van der Waals surface area contributed by atoms with Gasteiger partial charge in [-0.2, -0.15) is 0 Å². The number of likely N-dealkylation sites (tertiary alicyclic amines) is 1. The Morgan fingerprint density at radius 1 is 1.13 bits per heavy atom. The van der Waals surface area contributed by atoms with Crippen LogP contribution in [0.2, 0.25) is 0 Å². The van der Waals surface area contributed by atoms with Crippen molar-refractivity contribution in [2.75, 3.05) is 19.7 Å². The van der Waals surface area contributed by atoms with Gasteiger partial charge in [-0.15, -0.1) is 0 Å². The molecule has 6 heteroatoms. The van der Waals surface area contributed by atoms with E-state index in [2.05, 4.69) is 4.98 Å². The molecular formula is C17H16N2O4. The van der Waals surface area contributed by atoms with Gasteiger partial charge in [-0.05, 0) is 18.2 Å². The van der Waals surface area contributed by atoms with Gasteiger partial charge in [0.15, 0.2) is 11.5 Å². The van der Waals surface area contributed by atoms with Crippen LogP contribution in [0.25, 0.3) is 0 Å². The largest absolute Gasteiger partial charge is 0.485 e. The fourth-order valence-corrected chi connectivity index (χ4v) is 2.63. The molecule has 0 radical (unpaired) electrons. The maximum absolute atomic E-state index is 12.4. The lowest BCUT2D eigenvalue weighted by Gasteiger charge is -2.40. The summed E-state index contributed by atoms with van der Waals surface area (Å²) in [5, 5.41) is 0. The van der Waals surface area contributed by atoms with Crippen molar-refractivity contribution >= 4 is 5.91 Å². The Bertz CT molecular complexity index is 701. The Morgan fingerprint density at radius 2 is 1.91 bits per heavy atom. The van der Waals surface area contributed by atoms with Crippen molar-refractivity contribution in [2.45, 2.75) is 12.2 Å². The third kappa shape index (κ3) is 2.79. The molecule has 2 aromatic rings. The van der Waals surface area contributed by atoms with Crippen LogP contribution in [0.5, 0.6) is 17.4 Å². The first-order chi connectivity index (χ1) is 11.3. The van der Waals surface area contributed by atoms with Crippen LogP contribution >= 0.6 is 0 Å². The van der Waals surface area contributed by atoms with Gasteiger partial charge in [0.05, 0.1) is 13.1 Å². The summed E-state index contributed by atoms with van der Waals surface area (Å²) in [6.07, 6.45) is 1.06. The van der Waals surface area contributed by atoms with Gasteiger partial charge in [0, 0.05) is 12.3 Å². The van der Waals surface area contributed by atoms with Crippen molar-refractivity contribution in [2.24, 2.45) is 0 Å². The van der Waals surface area contributed by atoms with Crippen molar-refractivity contribution in [3.05, 3.63) is 48.7 Å². The van der Waals surface area contributed by atoms with Crippen LogP contribution in [-0.2, 0) is 4.79 Å². The van der Waals surface area contributed by atoms with E-state index in [1.54, 1.807) is 23.2 Å². The molecule has 1 amide bonds. The molecule has 1 aromatic carbocycles. The lowest BCUT2D eigenvalue weighted by Crippen LogP contribution is -2.60. The zero-order valence-electron chi connectivity index (χ0n) is 12.4. The smallest absolute Gasteiger partial charge is 0.267 e. The summed E-state index contributed by atoms with van der Waals surface area (Å²) >= 11 is 0. The fourth-order valence-electron chi connectivity index (χ4n) is 2.63. The topological polar surface area (TPSA) is 60.9 Å². The Labute approximate surface area is 133 Å². The average molecular weight is 312 g/mol. The average Bonchev–Trinajstić information content (AvgIpc) is 2.57. The van der Waals surface area contributed by atoms with Crippen LogP contribution in [0.4, 0.5) is 0 Å². The summed E-state index contributed by atoms with van der Waals surface area (Å²) in [5.74, 6) is 1.80. The van der Waals surface area contributed by atoms with Crippen LogP contribution in [0.1, 0.15) is 0 Å². The molecule has 0 saturated carbocycles. The van der Waals surface area contributed by atoms with Crippen molar-refractivity contribution in [3.8, 4) is 17.4 Å². The molecule has 3 heterocycles. The number of hydrogen-bond acceptors (Lipinski definition) is 5. The molecule has 0 N–H and O–H groups in total. The van der Waals surface area contributed by atoms with Crippen LogP contribution in [-0.4, -0.2) is 47.7 Å². The summed E-state index contributed by atoms with van der Waals surface area (Å²) in [5.41, 5.74) is 0. The number of carbonyl (C=O) groups excluding carboxylic acids is 1. The summed E-state index contributed by atoms with van der Waals surface area (Å²) in [6, 6.07) is 12.9. The van der Waals surface area contributed by atoms with E-state index in [1.165, 1.54) is 0 Å². The van der Waals surface area contributed by atoms with Gasteiger partial charge in [-0.25, -0.2) is 4.98 Å². The minimum atomic E-state index is -0.597. The SMILES string of the molecule is O=C(C1COc2ccccc2O1)N1CC(Oc2ccccn2)C1. The summed E-state index contributed by atoms with van der Waals surface area (Å²) < 4.78 is 17.0. The number of carbonyl (C=O) groups is 1. The van der Waals surface area contributed by atoms with Crippen LogP contribution in [0, 0.1) is 0 Å². The molecule has 23 heavy (non-hydrogen) atoms. The number of hydrogen-bond donors (Lipinski definition) is 0. The number of aromatic nitrogens is 1. The zero-order valence-corrected chi connectivity index (χ0v) is 12.4. The molecule has 0 bridgehead atoms. The lowest BCUT2D eigenvalue weighted by molar-refractivity contribution is -0.150. The minimum absolute atomic E-state index is 0.0226. The minimum Gasteiger partial charge on any atom is -0.485 e. The fraction of sp³-hybridized carbons (Fsp3) is 0.294. The highest BCUT2D eigenvalue weighted by Crippen LogP contribution is 2.31. The molecule has 1 atom stereocenters. The molecule has 6 nitrogen and oxygen atoms in total. The van der Waals surface area contributed by atoms with E-state index in [1.807, 2.05) is 30.3 Å². The molecule has 1 aromatic heterocycles. The quantitative estimate of drug-likeness (QED) is 0.860. The highest BCUT2D eigenvalue weighted by molar-refractivity contribution is 5.82. The van der Waals surface area contributed by atoms with E-state index in [0.29, 0.717) is 30.5 Å². The van der Waals surface area contributed by atoms with E-state index in [0.717, 1.165) is 0 Å². The second kappa shape index (κ2) is 5.79. The molecule has 2 aliphatic rings. The number of pyridine rings is 1. The maximum Gasteiger partial charge on any atom is 0.267 e. The highest BCUT2D eigenvalue weighted by Gasteiger charge is 2.38. The number of para-hydroxylation sites is 2. The van der Waals surface area contributed by atoms with Crippen LogP contribution in [0.3, 0.4) is 0 Å². The number of fused-ring (bicyclic) bond motifs is 1. The van der Waals surface area contributed by atoms with Gasteiger partial charge >= 0.3 is 0 Å². The number of nitrogens with zero attached hydrogens (tertiary/aromatic N) is 2. The lowest BCUT2D eigenvalue weighted by atomic mass is 10.1. The standard InChI is InChI=1S/C17H16N2O4/c20-17(15-11-21-13-5-1-2-6-14(13)23-15)19-9-12(10-19)22-16-7-3-4-8-18-16/h1-8,12,15H,9-11H2. The first-order valence-electron chi connectivity index (χ1n) is 7.54. The number of ether oxygens (including phenoxy) is 3. The Balaban J connectivity index is 1.32. The highest BCUT2D eigenvalue weighted by atomic mass is 16.6. The molecule has 0 aliphatic carbocycles. The Morgan fingerprint density at radius 3 is 2.70 bits per heavy atom. The third-order valence-electron chi connectivity index (χ3n) is 3.87. The molecule has 4 rings (SSSR count). The van der Waals surface area contributed by atoms with Crippen molar-refractivity contribution in [3.63, 3.8) is 0 Å². The Hall–Kier alpha value is -2.76. The molecule has 1 unspecified atom stereocenters. The Kier molecular flexibility index (Phi) is 3.49. The van der Waals surface area contributed by atoms with Crippen molar-refractivity contribution in [1.82, 2.24) is 9.88 Å². The predicted octanol–water partition coefficient (Wildman–Crippen LogP) is 1.51. The first kappa shape index (κ1) is 13.9. The van der Waals surface area contributed by atoms with Crippen molar-refractivity contribution < 1.29 is 19.0 Å². The third-order valence-corrected chi connectivity index (χ3v) is 3.87. The van der Waals surface area contributed by atoms with E-state index < -0.39 is 6.10 Å². The summed E-state index contributed by atoms with van der Waals surface area (Å²) in [6.45, 7) is 1.31. The van der Waals surface area contributed by atoms with Gasteiger partial charge in [0.25, 0.3) is 5.91 Å². The normalized spacial score (nSPS) is 19.8. The molecular weight excluding hydrogens is 296 g/mol. The van der Waals surface area contributed by atoms with Crippen LogP contribution < -0.4 is 14.2 Å². The van der Waals surface area contributed by atoms with Gasteiger partial charge in [-0.3, -0.25) is 4.79 Å². The van der Waals surface area contributed by atoms with Gasteiger partial charge in [0.2, 0.25) is 12.0 Å². The second-order valence-electron chi connectivity index (χ2n) is 5.52. The number of benzene rings is 1. The van der Waals surface area contributed by atoms with Gasteiger partial charge in [-0.1, -0.05) is 18.2 Å². The summed E-state index contributed by atoms with van der Waals surface area (Å²) in [4.78, 5) is 18.3. The maximum atomic E-state index is 12.4. The van der Waals surface area contributed by atoms with E-state index in [-0.39, 0.29) is 18.6 Å². The summed E-state index contributed by atoms with van der Waals surface area (Å²) in [7, 11) is 0. The monoisotopic (exact) mass is 312 g/mol. The zero-order chi connectivity index (χ0) is 15.6. The molecule has 118 valence electrons. The van der Waals surface area contributed by atoms with E-state index in [9.17, 15) is 4.79 Å². The van der Waals surface area contributed by atoms with Crippen molar-refractivity contribution in [1.29, 1.82) is 0 Å². The number of amides is 1. The second-order valence-corrected chi connectivity index (χ2v) is 5.52. The molecule has 0 spiro atoms. The van der Waals surface area contributed by atoms with Gasteiger partial charge in [0.1, 0.15) is 12.7 Å². The predicted molar refractivity (Wildman–Crippen MR) is 81.6 cm³/mol.